The molecule has 0 atom stereocenters. The Morgan fingerprint density at radius 2 is 1.83 bits per heavy atom. The summed E-state index contributed by atoms with van der Waals surface area (Å²) in [5.74, 6) is 0.141. The quantitative estimate of drug-likeness (QED) is 0.707. The van der Waals surface area contributed by atoms with E-state index in [1.165, 1.54) is 23.8 Å². The van der Waals surface area contributed by atoms with Gasteiger partial charge < -0.3 is 5.32 Å². The van der Waals surface area contributed by atoms with Gasteiger partial charge >= 0.3 is 0 Å². The first-order valence-electron chi connectivity index (χ1n) is 9.89. The minimum absolute atomic E-state index is 0.0736. The Balaban J connectivity index is 1.65. The molecule has 1 aliphatic heterocycles. The fourth-order valence-electron chi connectivity index (χ4n) is 3.03. The highest BCUT2D eigenvalue weighted by atomic mass is 32.2. The third-order valence-electron chi connectivity index (χ3n) is 4.74. The average molecular weight is 426 g/mol. The number of amidine groups is 1. The van der Waals surface area contributed by atoms with Gasteiger partial charge in [0.05, 0.1) is 4.90 Å². The van der Waals surface area contributed by atoms with Crippen LogP contribution in [0.4, 0.5) is 5.69 Å². The number of anilines is 1. The van der Waals surface area contributed by atoms with Crippen LogP contribution in [0.3, 0.4) is 0 Å². The molecule has 0 unspecified atom stereocenters. The molecule has 0 saturated heterocycles. The highest BCUT2D eigenvalue weighted by Crippen LogP contribution is 2.22. The highest BCUT2D eigenvalue weighted by molar-refractivity contribution is 7.90. The van der Waals surface area contributed by atoms with Crippen molar-refractivity contribution in [3.63, 3.8) is 0 Å². The lowest BCUT2D eigenvalue weighted by molar-refractivity contribution is -0.111. The fourth-order valence-corrected chi connectivity index (χ4v) is 4.16. The zero-order valence-corrected chi connectivity index (χ0v) is 18.3. The van der Waals surface area contributed by atoms with Gasteiger partial charge in [-0.1, -0.05) is 51.1 Å². The van der Waals surface area contributed by atoms with Crippen molar-refractivity contribution >= 4 is 33.5 Å². The van der Waals surface area contributed by atoms with Crippen LogP contribution in [0, 0.1) is 0 Å². The van der Waals surface area contributed by atoms with Crippen LogP contribution in [0.15, 0.2) is 64.5 Å². The van der Waals surface area contributed by atoms with E-state index in [1.807, 2.05) is 24.3 Å². The topological polar surface area (TPSA) is 87.6 Å². The summed E-state index contributed by atoms with van der Waals surface area (Å²) < 4.78 is 27.5. The van der Waals surface area contributed by atoms with Crippen molar-refractivity contribution in [2.24, 2.45) is 4.99 Å². The van der Waals surface area contributed by atoms with E-state index in [9.17, 15) is 13.2 Å². The molecule has 158 valence electrons. The molecule has 30 heavy (non-hydrogen) atoms. The molecule has 6 nitrogen and oxygen atoms in total. The van der Waals surface area contributed by atoms with E-state index in [0.717, 1.165) is 12.0 Å². The molecule has 1 heterocycles. The Morgan fingerprint density at radius 1 is 1.10 bits per heavy atom. The number of rotatable bonds is 5. The lowest BCUT2D eigenvalue weighted by Gasteiger charge is -2.18. The van der Waals surface area contributed by atoms with E-state index in [0.29, 0.717) is 24.5 Å². The third kappa shape index (κ3) is 5.79. The Morgan fingerprint density at radius 3 is 2.47 bits per heavy atom. The van der Waals surface area contributed by atoms with Crippen molar-refractivity contribution in [2.45, 2.75) is 43.9 Å². The van der Waals surface area contributed by atoms with Crippen molar-refractivity contribution in [3.8, 4) is 0 Å². The van der Waals surface area contributed by atoms with E-state index in [1.54, 1.807) is 18.2 Å². The number of hydrogen-bond donors (Lipinski definition) is 2. The Labute approximate surface area is 178 Å². The fraction of sp³-hybridized carbons (Fsp3) is 0.304. The van der Waals surface area contributed by atoms with Gasteiger partial charge in [0.2, 0.25) is 5.91 Å². The zero-order chi connectivity index (χ0) is 21.8. The van der Waals surface area contributed by atoms with Crippen LogP contribution >= 0.6 is 0 Å². The van der Waals surface area contributed by atoms with Gasteiger partial charge in [-0.25, -0.2) is 8.42 Å². The second-order valence-corrected chi connectivity index (χ2v) is 9.94. The summed E-state index contributed by atoms with van der Waals surface area (Å²) in [7, 11) is -3.72. The minimum Gasteiger partial charge on any atom is -0.322 e. The number of nitrogens with one attached hydrogen (secondary N) is 2. The number of amides is 1. The molecular formula is C23H27N3O3S. The molecule has 0 spiro atoms. The first kappa shape index (κ1) is 21.8. The highest BCUT2D eigenvalue weighted by Gasteiger charge is 2.18. The summed E-state index contributed by atoms with van der Waals surface area (Å²) in [6.45, 7) is 7.09. The van der Waals surface area contributed by atoms with E-state index >= 15 is 0 Å². The molecular weight excluding hydrogens is 398 g/mol. The van der Waals surface area contributed by atoms with Crippen molar-refractivity contribution in [1.82, 2.24) is 4.72 Å². The molecule has 1 aliphatic rings. The van der Waals surface area contributed by atoms with Gasteiger partial charge in [0, 0.05) is 24.7 Å². The van der Waals surface area contributed by atoms with E-state index in [-0.39, 0.29) is 16.2 Å². The van der Waals surface area contributed by atoms with Crippen molar-refractivity contribution in [2.75, 3.05) is 11.9 Å². The van der Waals surface area contributed by atoms with Crippen LogP contribution in [0.25, 0.3) is 6.08 Å². The van der Waals surface area contributed by atoms with Gasteiger partial charge in [-0.2, -0.15) is 0 Å². The van der Waals surface area contributed by atoms with Crippen molar-refractivity contribution in [1.29, 1.82) is 0 Å². The van der Waals surface area contributed by atoms with Crippen LogP contribution in [-0.2, 0) is 20.2 Å². The summed E-state index contributed by atoms with van der Waals surface area (Å²) in [5.41, 5.74) is 2.61. The molecule has 2 N–H and O–H groups in total. The van der Waals surface area contributed by atoms with Crippen molar-refractivity contribution in [3.05, 3.63) is 65.7 Å². The summed E-state index contributed by atoms with van der Waals surface area (Å²) >= 11 is 0. The summed E-state index contributed by atoms with van der Waals surface area (Å²) in [4.78, 5) is 16.5. The second kappa shape index (κ2) is 8.83. The monoisotopic (exact) mass is 425 g/mol. The first-order valence-corrected chi connectivity index (χ1v) is 11.4. The van der Waals surface area contributed by atoms with Crippen LogP contribution in [0.1, 0.15) is 44.7 Å². The number of carbonyl (C=O) groups is 1. The van der Waals surface area contributed by atoms with E-state index in [4.69, 9.17) is 0 Å². The summed E-state index contributed by atoms with van der Waals surface area (Å²) in [5, 5.41) is 2.71. The van der Waals surface area contributed by atoms with Gasteiger partial charge in [-0.15, -0.1) is 0 Å². The van der Waals surface area contributed by atoms with Crippen LogP contribution < -0.4 is 10.0 Å². The predicted molar refractivity (Wildman–Crippen MR) is 121 cm³/mol. The van der Waals surface area contributed by atoms with Gasteiger partial charge in [0.15, 0.2) is 0 Å². The minimum atomic E-state index is -3.72. The lowest BCUT2D eigenvalue weighted by Crippen LogP contribution is -2.29. The van der Waals surface area contributed by atoms with Gasteiger partial charge in [-0.3, -0.25) is 14.5 Å². The average Bonchev–Trinajstić information content (AvgIpc) is 3.18. The molecule has 2 aromatic carbocycles. The molecule has 2 aromatic rings. The molecule has 0 saturated carbocycles. The van der Waals surface area contributed by atoms with Crippen LogP contribution in [-0.4, -0.2) is 26.7 Å². The van der Waals surface area contributed by atoms with E-state index in [2.05, 4.69) is 35.8 Å². The Hall–Kier alpha value is -2.93. The molecule has 0 aliphatic carbocycles. The van der Waals surface area contributed by atoms with Gasteiger partial charge in [0.25, 0.3) is 10.0 Å². The van der Waals surface area contributed by atoms with E-state index < -0.39 is 10.0 Å². The lowest BCUT2D eigenvalue weighted by atomic mass is 9.87. The van der Waals surface area contributed by atoms with Crippen LogP contribution in [0.2, 0.25) is 0 Å². The predicted octanol–water partition coefficient (Wildman–Crippen LogP) is 4.11. The maximum absolute atomic E-state index is 12.5. The Bertz CT molecular complexity index is 1080. The third-order valence-corrected chi connectivity index (χ3v) is 6.12. The largest absolute Gasteiger partial charge is 0.322 e. The maximum atomic E-state index is 12.5. The van der Waals surface area contributed by atoms with Gasteiger partial charge in [0.1, 0.15) is 5.84 Å². The smallest absolute Gasteiger partial charge is 0.262 e. The molecule has 0 radical (unpaired) electrons. The zero-order valence-electron chi connectivity index (χ0n) is 17.5. The molecule has 3 rings (SSSR count). The normalized spacial score (nSPS) is 14.6. The second-order valence-electron chi connectivity index (χ2n) is 8.26. The van der Waals surface area contributed by atoms with Crippen LogP contribution in [0.5, 0.6) is 0 Å². The SMILES string of the molecule is CC(C)(C)c1ccc(/C=C/C(=O)Nc2cccc(S(=O)(=O)NC3=NCCC3)c2)cc1. The number of carbonyl (C=O) groups excluding carboxylic acids is 1. The maximum Gasteiger partial charge on any atom is 0.262 e. The molecule has 1 amide bonds. The number of hydrogen-bond acceptors (Lipinski definition) is 4. The number of aliphatic imine (C=N–C) groups is 1. The molecule has 0 bridgehead atoms. The number of sulfonamides is 1. The first-order chi connectivity index (χ1) is 14.1. The van der Waals surface area contributed by atoms with Crippen molar-refractivity contribution < 1.29 is 13.2 Å². The van der Waals surface area contributed by atoms with Gasteiger partial charge in [-0.05, 0) is 47.2 Å². The summed E-state index contributed by atoms with van der Waals surface area (Å²) in [6, 6.07) is 14.2. The molecule has 0 aromatic heterocycles. The number of nitrogens with zero attached hydrogens (tertiary/aromatic N) is 1. The molecule has 7 heteroatoms. The Kier molecular flexibility index (Phi) is 6.41. The summed E-state index contributed by atoms with van der Waals surface area (Å²) in [6.07, 6.45) is 4.62. The number of benzene rings is 2. The molecule has 0 fully saturated rings. The standard InChI is InChI=1S/C23H27N3O3S/c1-23(2,3)18-12-9-17(10-13-18)11-14-22(27)25-19-6-4-7-20(16-19)30(28,29)26-21-8-5-15-24-21/h4,6-7,9-14,16H,5,8,15H2,1-3H3,(H,24,26)(H,25,27)/b14-11+.